The molecule has 1 amide bonds. The van der Waals surface area contributed by atoms with Crippen molar-refractivity contribution in [3.63, 3.8) is 0 Å². The Morgan fingerprint density at radius 3 is 3.00 bits per heavy atom. The van der Waals surface area contributed by atoms with E-state index in [0.717, 1.165) is 30.0 Å². The van der Waals surface area contributed by atoms with Gasteiger partial charge in [0.2, 0.25) is 5.91 Å². The van der Waals surface area contributed by atoms with Gasteiger partial charge in [-0.15, -0.1) is 11.8 Å². The third-order valence-electron chi connectivity index (χ3n) is 4.83. The van der Waals surface area contributed by atoms with Gasteiger partial charge in [-0.25, -0.2) is 0 Å². The molecule has 2 heterocycles. The molecule has 4 rings (SSSR count). The van der Waals surface area contributed by atoms with E-state index in [2.05, 4.69) is 12.0 Å². The van der Waals surface area contributed by atoms with E-state index in [1.807, 2.05) is 54.3 Å². The molecule has 126 valence electrons. The molecule has 1 saturated carbocycles. The summed E-state index contributed by atoms with van der Waals surface area (Å²) in [5.41, 5.74) is 2.14. The van der Waals surface area contributed by atoms with Gasteiger partial charge in [-0.3, -0.25) is 9.48 Å². The van der Waals surface area contributed by atoms with Crippen molar-refractivity contribution in [1.29, 1.82) is 0 Å². The van der Waals surface area contributed by atoms with Crippen LogP contribution in [0.5, 0.6) is 0 Å². The van der Waals surface area contributed by atoms with E-state index < -0.39 is 0 Å². The molecule has 3 atom stereocenters. The van der Waals surface area contributed by atoms with Crippen LogP contribution in [0.1, 0.15) is 31.2 Å². The first-order valence-corrected chi connectivity index (χ1v) is 9.55. The average Bonchev–Trinajstić information content (AvgIpc) is 3.26. The van der Waals surface area contributed by atoms with Crippen molar-refractivity contribution in [3.8, 4) is 0 Å². The summed E-state index contributed by atoms with van der Waals surface area (Å²) in [5, 5.41) is 5.41. The number of benzene rings is 1. The number of amides is 1. The van der Waals surface area contributed by atoms with E-state index in [4.69, 9.17) is 11.6 Å². The molecule has 1 fully saturated rings. The fraction of sp³-hybridized carbons (Fsp3) is 0.444. The van der Waals surface area contributed by atoms with Gasteiger partial charge in [-0.2, -0.15) is 5.10 Å². The Bertz CT molecular complexity index is 790. The summed E-state index contributed by atoms with van der Waals surface area (Å²) in [6, 6.07) is 5.88. The lowest BCUT2D eigenvalue weighted by molar-refractivity contribution is -0.119. The fourth-order valence-corrected chi connectivity index (χ4v) is 4.66. The summed E-state index contributed by atoms with van der Waals surface area (Å²) in [4.78, 5) is 16.2. The van der Waals surface area contributed by atoms with E-state index in [0.29, 0.717) is 16.2 Å². The summed E-state index contributed by atoms with van der Waals surface area (Å²) < 4.78 is 1.80. The van der Waals surface area contributed by atoms with Gasteiger partial charge in [-0.05, 0) is 42.5 Å². The number of rotatable bonds is 2. The Labute approximate surface area is 151 Å². The zero-order chi connectivity index (χ0) is 16.8. The summed E-state index contributed by atoms with van der Waals surface area (Å²) in [7, 11) is 1.91. The molecule has 0 radical (unpaired) electrons. The second kappa shape index (κ2) is 6.12. The lowest BCUT2D eigenvalue weighted by Crippen LogP contribution is -2.33. The highest BCUT2D eigenvalue weighted by molar-refractivity contribution is 8.00. The molecule has 1 aliphatic carbocycles. The SMILES string of the molecule is CC1CCN(C(=O)C2CC2c2cnn(C)c2)c2cc(Cl)ccc2S1. The minimum absolute atomic E-state index is 0.0689. The summed E-state index contributed by atoms with van der Waals surface area (Å²) >= 11 is 8.03. The second-order valence-corrected chi connectivity index (χ2v) is 8.63. The normalized spacial score (nSPS) is 26.0. The maximum absolute atomic E-state index is 13.1. The Hall–Kier alpha value is -1.46. The molecule has 0 spiro atoms. The van der Waals surface area contributed by atoms with Crippen LogP contribution >= 0.6 is 23.4 Å². The van der Waals surface area contributed by atoms with Gasteiger partial charge in [0.1, 0.15) is 0 Å². The van der Waals surface area contributed by atoms with Gasteiger partial charge in [0.25, 0.3) is 0 Å². The highest BCUT2D eigenvalue weighted by Crippen LogP contribution is 2.50. The third kappa shape index (κ3) is 2.95. The zero-order valence-corrected chi connectivity index (χ0v) is 15.3. The van der Waals surface area contributed by atoms with Crippen LogP contribution < -0.4 is 4.90 Å². The first kappa shape index (κ1) is 16.0. The fourth-order valence-electron chi connectivity index (χ4n) is 3.41. The van der Waals surface area contributed by atoms with Gasteiger partial charge in [-0.1, -0.05) is 18.5 Å². The van der Waals surface area contributed by atoms with Gasteiger partial charge in [0.05, 0.1) is 11.9 Å². The third-order valence-corrected chi connectivity index (χ3v) is 6.30. The lowest BCUT2D eigenvalue weighted by Gasteiger charge is -2.23. The Morgan fingerprint density at radius 2 is 2.25 bits per heavy atom. The van der Waals surface area contributed by atoms with E-state index in [1.165, 1.54) is 5.56 Å². The Morgan fingerprint density at radius 1 is 1.42 bits per heavy atom. The number of nitrogens with zero attached hydrogens (tertiary/aromatic N) is 3. The Kier molecular flexibility index (Phi) is 4.09. The molecule has 1 aromatic carbocycles. The van der Waals surface area contributed by atoms with Crippen LogP contribution in [-0.4, -0.2) is 27.5 Å². The number of thioether (sulfide) groups is 1. The summed E-state index contributed by atoms with van der Waals surface area (Å²) in [6.45, 7) is 2.98. The first-order valence-electron chi connectivity index (χ1n) is 8.29. The monoisotopic (exact) mass is 361 g/mol. The van der Waals surface area contributed by atoms with Crippen LogP contribution in [0.25, 0.3) is 0 Å². The van der Waals surface area contributed by atoms with Crippen molar-refractivity contribution >= 4 is 35.0 Å². The van der Waals surface area contributed by atoms with Crippen LogP contribution in [0, 0.1) is 5.92 Å². The molecule has 0 N–H and O–H groups in total. The predicted octanol–water partition coefficient (Wildman–Crippen LogP) is 4.09. The van der Waals surface area contributed by atoms with Gasteiger partial charge in [0.15, 0.2) is 0 Å². The molecular weight excluding hydrogens is 342 g/mol. The van der Waals surface area contributed by atoms with Crippen molar-refractivity contribution in [2.24, 2.45) is 13.0 Å². The lowest BCUT2D eigenvalue weighted by atomic mass is 10.1. The van der Waals surface area contributed by atoms with Crippen molar-refractivity contribution in [2.45, 2.75) is 35.8 Å². The predicted molar refractivity (Wildman–Crippen MR) is 97.8 cm³/mol. The zero-order valence-electron chi connectivity index (χ0n) is 13.8. The van der Waals surface area contributed by atoms with Crippen LogP contribution in [0.4, 0.5) is 5.69 Å². The molecule has 1 aromatic heterocycles. The minimum Gasteiger partial charge on any atom is -0.311 e. The molecular formula is C18H20ClN3OS. The molecule has 1 aliphatic heterocycles. The van der Waals surface area contributed by atoms with Crippen LogP contribution in [0.15, 0.2) is 35.5 Å². The second-order valence-electron chi connectivity index (χ2n) is 6.72. The van der Waals surface area contributed by atoms with Crippen molar-refractivity contribution in [1.82, 2.24) is 9.78 Å². The largest absolute Gasteiger partial charge is 0.311 e. The number of aromatic nitrogens is 2. The molecule has 2 aromatic rings. The standard InChI is InChI=1S/C18H20ClN3OS/c1-11-5-6-22(16-7-13(19)3-4-17(16)24-11)18(23)15-8-14(15)12-9-20-21(2)10-12/h3-4,7,9-11,14-15H,5-6,8H2,1-2H3. The number of fused-ring (bicyclic) bond motifs is 1. The Balaban J connectivity index is 1.60. The van der Waals surface area contributed by atoms with E-state index >= 15 is 0 Å². The van der Waals surface area contributed by atoms with Gasteiger partial charge in [0, 0.05) is 40.9 Å². The number of aryl methyl sites for hydroxylation is 1. The average molecular weight is 362 g/mol. The topological polar surface area (TPSA) is 38.1 Å². The first-order chi connectivity index (χ1) is 11.5. The summed E-state index contributed by atoms with van der Waals surface area (Å²) in [5.74, 6) is 0.601. The highest BCUT2D eigenvalue weighted by Gasteiger charge is 2.47. The molecule has 4 nitrogen and oxygen atoms in total. The van der Waals surface area contributed by atoms with Crippen LogP contribution in [0.3, 0.4) is 0 Å². The number of hydrogen-bond donors (Lipinski definition) is 0. The molecule has 2 aliphatic rings. The van der Waals surface area contributed by atoms with Crippen LogP contribution in [-0.2, 0) is 11.8 Å². The van der Waals surface area contributed by atoms with Crippen LogP contribution in [0.2, 0.25) is 5.02 Å². The molecule has 3 unspecified atom stereocenters. The van der Waals surface area contributed by atoms with E-state index in [9.17, 15) is 4.79 Å². The summed E-state index contributed by atoms with van der Waals surface area (Å²) in [6.07, 6.45) is 5.80. The van der Waals surface area contributed by atoms with Gasteiger partial charge >= 0.3 is 0 Å². The van der Waals surface area contributed by atoms with Gasteiger partial charge < -0.3 is 4.90 Å². The maximum atomic E-state index is 13.1. The number of hydrogen-bond acceptors (Lipinski definition) is 3. The van der Waals surface area contributed by atoms with E-state index in [-0.39, 0.29) is 11.8 Å². The van der Waals surface area contributed by atoms with E-state index in [1.54, 1.807) is 4.68 Å². The number of halogens is 1. The molecule has 0 saturated heterocycles. The molecule has 6 heteroatoms. The molecule has 0 bridgehead atoms. The minimum atomic E-state index is 0.0689. The quantitative estimate of drug-likeness (QED) is 0.808. The van der Waals surface area contributed by atoms with Crippen molar-refractivity contribution < 1.29 is 4.79 Å². The maximum Gasteiger partial charge on any atom is 0.230 e. The van der Waals surface area contributed by atoms with Crippen molar-refractivity contribution in [3.05, 3.63) is 41.2 Å². The highest BCUT2D eigenvalue weighted by atomic mass is 35.5. The number of anilines is 1. The van der Waals surface area contributed by atoms with Crippen molar-refractivity contribution in [2.75, 3.05) is 11.4 Å². The number of carbonyl (C=O) groups excluding carboxylic acids is 1. The smallest absolute Gasteiger partial charge is 0.230 e. The molecule has 24 heavy (non-hydrogen) atoms. The number of carbonyl (C=O) groups is 1.